The fourth-order valence-electron chi connectivity index (χ4n) is 1.86. The van der Waals surface area contributed by atoms with Crippen LogP contribution in [0.2, 0.25) is 0 Å². The van der Waals surface area contributed by atoms with E-state index in [4.69, 9.17) is 11.6 Å². The molecule has 1 aromatic rings. The van der Waals surface area contributed by atoms with Gasteiger partial charge in [-0.3, -0.25) is 0 Å². The Morgan fingerprint density at radius 3 is 3.08 bits per heavy atom. The zero-order valence-corrected chi connectivity index (χ0v) is 7.44. The van der Waals surface area contributed by atoms with Crippen LogP contribution >= 0.6 is 11.6 Å². The van der Waals surface area contributed by atoms with Gasteiger partial charge in [0.2, 0.25) is 0 Å². The van der Waals surface area contributed by atoms with Crippen molar-refractivity contribution in [2.24, 2.45) is 0 Å². The van der Waals surface area contributed by atoms with Gasteiger partial charge in [-0.05, 0) is 36.0 Å². The van der Waals surface area contributed by atoms with Crippen molar-refractivity contribution in [1.29, 1.82) is 0 Å². The summed E-state index contributed by atoms with van der Waals surface area (Å²) in [5.74, 6) is 0.911. The van der Waals surface area contributed by atoms with Crippen LogP contribution in [-0.2, 0) is 6.42 Å². The van der Waals surface area contributed by atoms with Crippen LogP contribution < -0.4 is 0 Å². The lowest BCUT2D eigenvalue weighted by molar-refractivity contribution is 0.612. The van der Waals surface area contributed by atoms with E-state index in [2.05, 4.69) is 0 Å². The van der Waals surface area contributed by atoms with E-state index in [1.807, 2.05) is 6.07 Å². The van der Waals surface area contributed by atoms with Crippen LogP contribution in [0.4, 0.5) is 4.39 Å². The zero-order chi connectivity index (χ0) is 8.55. The highest BCUT2D eigenvalue weighted by molar-refractivity contribution is 6.18. The Bertz CT molecular complexity index is 296. The third-order valence-corrected chi connectivity index (χ3v) is 2.90. The summed E-state index contributed by atoms with van der Waals surface area (Å²) in [6.45, 7) is 0. The second kappa shape index (κ2) is 3.06. The van der Waals surface area contributed by atoms with E-state index in [1.165, 1.54) is 6.07 Å². The van der Waals surface area contributed by atoms with Crippen molar-refractivity contribution in [2.75, 3.05) is 5.88 Å². The van der Waals surface area contributed by atoms with Crippen LogP contribution in [-0.4, -0.2) is 5.88 Å². The summed E-state index contributed by atoms with van der Waals surface area (Å²) in [6.07, 6.45) is 1.85. The minimum Gasteiger partial charge on any atom is -0.207 e. The van der Waals surface area contributed by atoms with Crippen molar-refractivity contribution in [3.63, 3.8) is 0 Å². The Morgan fingerprint density at radius 1 is 1.50 bits per heavy atom. The molecule has 0 aromatic heterocycles. The summed E-state index contributed by atoms with van der Waals surface area (Å²) in [6, 6.07) is 5.27. The monoisotopic (exact) mass is 184 g/mol. The van der Waals surface area contributed by atoms with E-state index >= 15 is 0 Å². The van der Waals surface area contributed by atoms with Crippen LogP contribution in [0, 0.1) is 5.82 Å². The average Bonchev–Trinajstić information content (AvgIpc) is 2.49. The van der Waals surface area contributed by atoms with Gasteiger partial charge in [0.15, 0.2) is 0 Å². The standard InChI is InChI=1S/C10H10ClF/c11-6-7-4-5-9-8(7)2-1-3-10(9)12/h1-3,7H,4-6H2. The Hall–Kier alpha value is -0.560. The predicted molar refractivity (Wildman–Crippen MR) is 48.2 cm³/mol. The van der Waals surface area contributed by atoms with Crippen molar-refractivity contribution in [1.82, 2.24) is 0 Å². The lowest BCUT2D eigenvalue weighted by Crippen LogP contribution is -1.94. The quantitative estimate of drug-likeness (QED) is 0.589. The Kier molecular flexibility index (Phi) is 2.05. The molecule has 2 heteroatoms. The van der Waals surface area contributed by atoms with Gasteiger partial charge in [0.25, 0.3) is 0 Å². The van der Waals surface area contributed by atoms with E-state index in [9.17, 15) is 4.39 Å². The molecule has 1 unspecified atom stereocenters. The van der Waals surface area contributed by atoms with Crippen LogP contribution in [0.25, 0.3) is 0 Å². The molecule has 0 nitrogen and oxygen atoms in total. The molecule has 0 radical (unpaired) electrons. The molecule has 64 valence electrons. The second-order valence-electron chi connectivity index (χ2n) is 3.20. The van der Waals surface area contributed by atoms with Crippen molar-refractivity contribution in [3.05, 3.63) is 35.1 Å². The highest BCUT2D eigenvalue weighted by Crippen LogP contribution is 2.34. The smallest absolute Gasteiger partial charge is 0.126 e. The fourth-order valence-corrected chi connectivity index (χ4v) is 2.18. The van der Waals surface area contributed by atoms with Gasteiger partial charge < -0.3 is 0 Å². The summed E-state index contributed by atoms with van der Waals surface area (Å²) >= 11 is 5.77. The first kappa shape index (κ1) is 8.06. The minimum absolute atomic E-state index is 0.0693. The highest BCUT2D eigenvalue weighted by Gasteiger charge is 2.23. The van der Waals surface area contributed by atoms with Gasteiger partial charge >= 0.3 is 0 Å². The molecule has 1 aliphatic carbocycles. The average molecular weight is 185 g/mol. The Labute approximate surface area is 76.4 Å². The molecule has 0 N–H and O–H groups in total. The number of fused-ring (bicyclic) bond motifs is 1. The maximum absolute atomic E-state index is 13.2. The summed E-state index contributed by atoms with van der Waals surface area (Å²) in [5, 5.41) is 0. The number of hydrogen-bond donors (Lipinski definition) is 0. The molecule has 0 fully saturated rings. The van der Waals surface area contributed by atoms with Crippen LogP contribution in [0.15, 0.2) is 18.2 Å². The van der Waals surface area contributed by atoms with Crippen molar-refractivity contribution < 1.29 is 4.39 Å². The number of alkyl halides is 1. The van der Waals surface area contributed by atoms with Gasteiger partial charge in [-0.15, -0.1) is 11.6 Å². The number of rotatable bonds is 1. The molecule has 0 saturated heterocycles. The normalized spacial score (nSPS) is 21.0. The van der Waals surface area contributed by atoms with E-state index in [0.717, 1.165) is 24.0 Å². The van der Waals surface area contributed by atoms with E-state index < -0.39 is 0 Å². The molecule has 1 aliphatic rings. The molecular formula is C10H10ClF. The largest absolute Gasteiger partial charge is 0.207 e. The van der Waals surface area contributed by atoms with Gasteiger partial charge in [-0.25, -0.2) is 4.39 Å². The first-order valence-electron chi connectivity index (χ1n) is 4.16. The second-order valence-corrected chi connectivity index (χ2v) is 3.51. The molecular weight excluding hydrogens is 175 g/mol. The van der Waals surface area contributed by atoms with Gasteiger partial charge in [-0.2, -0.15) is 0 Å². The molecule has 1 aromatic carbocycles. The SMILES string of the molecule is Fc1cccc2c1CCC2CCl. The molecule has 0 heterocycles. The van der Waals surface area contributed by atoms with Gasteiger partial charge in [0.1, 0.15) is 5.82 Å². The molecule has 1 atom stereocenters. The molecule has 0 bridgehead atoms. The highest BCUT2D eigenvalue weighted by atomic mass is 35.5. The molecule has 2 rings (SSSR count). The number of hydrogen-bond acceptors (Lipinski definition) is 0. The minimum atomic E-state index is -0.0693. The van der Waals surface area contributed by atoms with Gasteiger partial charge in [0.05, 0.1) is 0 Å². The summed E-state index contributed by atoms with van der Waals surface area (Å²) in [4.78, 5) is 0. The van der Waals surface area contributed by atoms with Crippen molar-refractivity contribution in [2.45, 2.75) is 18.8 Å². The third kappa shape index (κ3) is 1.13. The molecule has 0 saturated carbocycles. The summed E-state index contributed by atoms with van der Waals surface area (Å²) < 4.78 is 13.2. The molecule has 0 aliphatic heterocycles. The van der Waals surface area contributed by atoms with Gasteiger partial charge in [-0.1, -0.05) is 12.1 Å². The summed E-state index contributed by atoms with van der Waals surface area (Å²) in [7, 11) is 0. The maximum Gasteiger partial charge on any atom is 0.126 e. The third-order valence-electron chi connectivity index (χ3n) is 2.52. The fraction of sp³-hybridized carbons (Fsp3) is 0.400. The first-order valence-corrected chi connectivity index (χ1v) is 4.69. The Morgan fingerprint density at radius 2 is 2.33 bits per heavy atom. The Balaban J connectivity index is 2.46. The van der Waals surface area contributed by atoms with Gasteiger partial charge in [0, 0.05) is 5.88 Å². The molecule has 0 amide bonds. The van der Waals surface area contributed by atoms with E-state index in [1.54, 1.807) is 6.07 Å². The topological polar surface area (TPSA) is 0 Å². The van der Waals surface area contributed by atoms with Crippen LogP contribution in [0.1, 0.15) is 23.5 Å². The van der Waals surface area contributed by atoms with Crippen LogP contribution in [0.3, 0.4) is 0 Å². The molecule has 12 heavy (non-hydrogen) atoms. The van der Waals surface area contributed by atoms with Crippen molar-refractivity contribution >= 4 is 11.6 Å². The number of benzene rings is 1. The zero-order valence-electron chi connectivity index (χ0n) is 6.69. The van der Waals surface area contributed by atoms with E-state index in [-0.39, 0.29) is 5.82 Å². The molecule has 0 spiro atoms. The number of halogens is 2. The first-order chi connectivity index (χ1) is 5.83. The lowest BCUT2D eigenvalue weighted by Gasteiger charge is -2.05. The lowest BCUT2D eigenvalue weighted by atomic mass is 10.0. The predicted octanol–water partition coefficient (Wildman–Crippen LogP) is 3.09. The van der Waals surface area contributed by atoms with E-state index in [0.29, 0.717) is 11.8 Å². The summed E-state index contributed by atoms with van der Waals surface area (Å²) in [5.41, 5.74) is 1.99. The van der Waals surface area contributed by atoms with Crippen LogP contribution in [0.5, 0.6) is 0 Å². The maximum atomic E-state index is 13.2. The van der Waals surface area contributed by atoms with Crippen molar-refractivity contribution in [3.8, 4) is 0 Å².